The van der Waals surface area contributed by atoms with Crippen LogP contribution in [-0.4, -0.2) is 96.8 Å². The van der Waals surface area contributed by atoms with Gasteiger partial charge >= 0.3 is 0 Å². The highest BCUT2D eigenvalue weighted by Crippen LogP contribution is 2.47. The summed E-state index contributed by atoms with van der Waals surface area (Å²) in [7, 11) is 1.69. The zero-order valence-electron chi connectivity index (χ0n) is 35.5. The lowest BCUT2D eigenvalue weighted by atomic mass is 9.80. The van der Waals surface area contributed by atoms with Crippen LogP contribution in [0.5, 0.6) is 11.5 Å². The second-order valence-corrected chi connectivity index (χ2v) is 17.4. The molecular weight excluding hydrogens is 733 g/mol. The molecule has 0 bridgehead atoms. The number of hydrogen-bond acceptors (Lipinski definition) is 10. The number of aromatic hydroxyl groups is 1. The molecule has 8 unspecified atom stereocenters. The van der Waals surface area contributed by atoms with E-state index in [0.717, 1.165) is 87.4 Å². The van der Waals surface area contributed by atoms with E-state index in [1.807, 2.05) is 18.2 Å². The second-order valence-electron chi connectivity index (χ2n) is 17.4. The summed E-state index contributed by atoms with van der Waals surface area (Å²) in [6.45, 7) is 6.90. The van der Waals surface area contributed by atoms with E-state index in [-0.39, 0.29) is 25.1 Å². The van der Waals surface area contributed by atoms with Gasteiger partial charge in [-0.2, -0.15) is 11.6 Å². The lowest BCUT2D eigenvalue weighted by Crippen LogP contribution is -2.34. The van der Waals surface area contributed by atoms with Gasteiger partial charge in [-0.15, -0.1) is 4.99 Å². The zero-order chi connectivity index (χ0) is 41.4. The van der Waals surface area contributed by atoms with E-state index in [2.05, 4.69) is 28.6 Å². The van der Waals surface area contributed by atoms with Crippen molar-refractivity contribution in [1.29, 1.82) is 0 Å². The third kappa shape index (κ3) is 13.6. The lowest BCUT2D eigenvalue weighted by Gasteiger charge is -2.25. The number of aliphatic hydroxyl groups is 3. The predicted molar refractivity (Wildman–Crippen MR) is 232 cm³/mol. The van der Waals surface area contributed by atoms with Crippen LogP contribution in [-0.2, 0) is 11.2 Å². The Hall–Kier alpha value is -3.26. The van der Waals surface area contributed by atoms with Gasteiger partial charge in [-0.1, -0.05) is 70.5 Å². The number of fused-ring (bicyclic) bond motifs is 2. The van der Waals surface area contributed by atoms with Gasteiger partial charge in [-0.3, -0.25) is 4.99 Å². The van der Waals surface area contributed by atoms with Crippen LogP contribution >= 0.6 is 0 Å². The summed E-state index contributed by atoms with van der Waals surface area (Å²) in [5.74, 6) is 3.60. The quantitative estimate of drug-likeness (QED) is 0.0271. The van der Waals surface area contributed by atoms with E-state index in [4.69, 9.17) is 25.9 Å². The van der Waals surface area contributed by atoms with Crippen molar-refractivity contribution in [3.63, 3.8) is 0 Å². The van der Waals surface area contributed by atoms with Crippen LogP contribution in [0.1, 0.15) is 109 Å². The molecule has 2 heterocycles. The van der Waals surface area contributed by atoms with Crippen molar-refractivity contribution < 1.29 is 29.9 Å². The molecule has 324 valence electrons. The first kappa shape index (κ1) is 45.8. The molecule has 0 saturated heterocycles. The number of phenols is 1. The molecule has 5 rings (SSSR count). The van der Waals surface area contributed by atoms with Crippen molar-refractivity contribution in [2.75, 3.05) is 46.4 Å². The number of ether oxygens (including phenoxy) is 2. The van der Waals surface area contributed by atoms with Crippen molar-refractivity contribution in [3.8, 4) is 11.5 Å². The van der Waals surface area contributed by atoms with Gasteiger partial charge in [0, 0.05) is 45.8 Å². The molecule has 0 aromatic heterocycles. The molecule has 0 spiro atoms. The third-order valence-corrected chi connectivity index (χ3v) is 12.8. The maximum Gasteiger partial charge on any atom is 0.189 e. The van der Waals surface area contributed by atoms with Gasteiger partial charge in [0.1, 0.15) is 12.2 Å². The summed E-state index contributed by atoms with van der Waals surface area (Å²) >= 11 is 0. The van der Waals surface area contributed by atoms with Gasteiger partial charge in [0.25, 0.3) is 0 Å². The van der Waals surface area contributed by atoms with Crippen molar-refractivity contribution in [3.05, 3.63) is 59.2 Å². The van der Waals surface area contributed by atoms with E-state index in [9.17, 15) is 20.4 Å². The Morgan fingerprint density at radius 2 is 1.93 bits per heavy atom. The molecule has 1 aromatic carbocycles. The first-order valence-electron chi connectivity index (χ1n) is 22.3. The largest absolute Gasteiger partial charge is 0.504 e. The third-order valence-electron chi connectivity index (χ3n) is 12.8. The van der Waals surface area contributed by atoms with Crippen molar-refractivity contribution in [1.82, 2.24) is 10.6 Å². The number of nitrogens with two attached hydrogens (primary N) is 2. The Morgan fingerprint density at radius 1 is 1.10 bits per heavy atom. The number of phenolic OH excluding ortho intramolecular Hbond substituents is 1. The minimum absolute atomic E-state index is 0.0187. The summed E-state index contributed by atoms with van der Waals surface area (Å²) in [5.41, 5.74) is 15.9. The van der Waals surface area contributed by atoms with Crippen LogP contribution in [0.25, 0.3) is 0 Å². The molecule has 1 aromatic rings. The molecule has 2 saturated carbocycles. The SMILES string of the molecule is CN=C(N)NCC(C)CCCC(CCN)CCCCC1O[C-](CCc2ccc(O)c(OCC(O)[C+]3C=C4C(=N3)CCC3CCCC3C4CNCC(C)O)c2)C=C1CO. The fraction of sp³-hybridized carbons (Fsp3) is 0.696. The van der Waals surface area contributed by atoms with Gasteiger partial charge in [-0.25, -0.2) is 0 Å². The molecule has 10 N–H and O–H groups in total. The number of benzene rings is 1. The van der Waals surface area contributed by atoms with Crippen LogP contribution in [0.3, 0.4) is 0 Å². The Balaban J connectivity index is 1.05. The Kier molecular flexibility index (Phi) is 18.6. The highest BCUT2D eigenvalue weighted by molar-refractivity contribution is 6.04. The minimum atomic E-state index is -0.933. The number of hydrogen-bond donors (Lipinski definition) is 8. The van der Waals surface area contributed by atoms with Crippen molar-refractivity contribution >= 4 is 11.7 Å². The Morgan fingerprint density at radius 3 is 2.71 bits per heavy atom. The number of aryl methyl sites for hydroxylation is 1. The maximum absolute atomic E-state index is 11.2. The van der Waals surface area contributed by atoms with Gasteiger partial charge in [-0.05, 0) is 93.4 Å². The average Bonchev–Trinajstić information content (AvgIpc) is 3.95. The van der Waals surface area contributed by atoms with Crippen molar-refractivity contribution in [2.24, 2.45) is 51.0 Å². The van der Waals surface area contributed by atoms with E-state index < -0.39 is 12.2 Å². The summed E-state index contributed by atoms with van der Waals surface area (Å²) in [5, 5.41) is 48.5. The minimum Gasteiger partial charge on any atom is -0.504 e. The van der Waals surface area contributed by atoms with E-state index in [1.165, 1.54) is 37.7 Å². The smallest absolute Gasteiger partial charge is 0.189 e. The molecule has 0 amide bonds. The number of nitrogens with one attached hydrogen (secondary N) is 2. The molecule has 2 fully saturated rings. The predicted octanol–water partition coefficient (Wildman–Crippen LogP) is 5.49. The standard InChI is InChI=1S/C46H74N6O6/c1-30(25-51-46(48)49-3)8-6-10-32(20-21-47)9-4-5-13-44-35(28-53)23-36(58-44)17-14-33-15-19-42(55)45(22-33)57-29-43(56)41-24-38-39(27-50-26-31(2)54)37-12-7-11-34(37)16-18-40(38)52-41/h15,19,22-24,30-32,34,37,39,43-44,50,53-56H,4-14,16-18,20-21,25-29,47H2,1-3H3,(H3,48,49,51). The van der Waals surface area contributed by atoms with Crippen LogP contribution < -0.4 is 26.8 Å². The first-order chi connectivity index (χ1) is 28.1. The van der Waals surface area contributed by atoms with Crippen LogP contribution in [0.15, 0.2) is 51.5 Å². The summed E-state index contributed by atoms with van der Waals surface area (Å²) in [6, 6.07) is 5.96. The molecule has 12 heteroatoms. The molecular formula is C46H74N6O6. The van der Waals surface area contributed by atoms with Gasteiger partial charge < -0.3 is 52.0 Å². The van der Waals surface area contributed by atoms with Gasteiger partial charge in [0.15, 0.2) is 35.3 Å². The number of rotatable bonds is 25. The number of nitrogens with zero attached hydrogens (tertiary/aromatic N) is 2. The van der Waals surface area contributed by atoms with Crippen LogP contribution in [0.4, 0.5) is 0 Å². The summed E-state index contributed by atoms with van der Waals surface area (Å²) < 4.78 is 12.4. The molecule has 8 atom stereocenters. The normalized spacial score (nSPS) is 24.1. The number of aliphatic hydroxyl groups excluding tert-OH is 3. The van der Waals surface area contributed by atoms with Crippen molar-refractivity contribution in [2.45, 2.75) is 128 Å². The molecule has 0 radical (unpaired) electrons. The number of unbranched alkanes of at least 4 members (excludes halogenated alkanes) is 1. The first-order valence-corrected chi connectivity index (χ1v) is 22.3. The molecule has 58 heavy (non-hydrogen) atoms. The van der Waals surface area contributed by atoms with E-state index in [1.54, 1.807) is 20.0 Å². The average molecular weight is 807 g/mol. The summed E-state index contributed by atoms with van der Waals surface area (Å²) in [6.07, 6.45) is 19.3. The maximum atomic E-state index is 11.2. The number of aliphatic imine (C=N–C) groups is 2. The fourth-order valence-corrected chi connectivity index (χ4v) is 9.52. The fourth-order valence-electron chi connectivity index (χ4n) is 9.52. The van der Waals surface area contributed by atoms with Crippen LogP contribution in [0.2, 0.25) is 0 Å². The Bertz CT molecular complexity index is 1530. The highest BCUT2D eigenvalue weighted by atomic mass is 16.5. The second kappa shape index (κ2) is 23.5. The summed E-state index contributed by atoms with van der Waals surface area (Å²) in [4.78, 5) is 8.88. The molecule has 2 aliphatic carbocycles. The molecule has 2 aliphatic heterocycles. The number of guanidine groups is 1. The molecule has 4 aliphatic rings. The molecule has 12 nitrogen and oxygen atoms in total. The van der Waals surface area contributed by atoms with Gasteiger partial charge in [0.05, 0.1) is 18.1 Å². The zero-order valence-corrected chi connectivity index (χ0v) is 35.5. The lowest BCUT2D eigenvalue weighted by molar-refractivity contribution is 0.102. The van der Waals surface area contributed by atoms with E-state index >= 15 is 0 Å². The Labute approximate surface area is 348 Å². The highest BCUT2D eigenvalue weighted by Gasteiger charge is 2.47. The van der Waals surface area contributed by atoms with E-state index in [0.29, 0.717) is 73.3 Å². The topological polar surface area (TPSA) is 200 Å². The van der Waals surface area contributed by atoms with Gasteiger partial charge in [0.2, 0.25) is 0 Å². The van der Waals surface area contributed by atoms with Crippen LogP contribution in [0, 0.1) is 41.7 Å². The monoisotopic (exact) mass is 807 g/mol.